The number of aryl methyl sites for hydroxylation is 2. The number of anilines is 1. The first kappa shape index (κ1) is 19.2. The molecule has 5 rings (SSSR count). The number of benzene rings is 3. The number of hydrogen-bond donors (Lipinski definition) is 1. The summed E-state index contributed by atoms with van der Waals surface area (Å²) in [4.78, 5) is 0.209. The van der Waals surface area contributed by atoms with Crippen molar-refractivity contribution in [1.29, 1.82) is 0 Å². The van der Waals surface area contributed by atoms with E-state index in [4.69, 9.17) is 0 Å². The van der Waals surface area contributed by atoms with E-state index in [0.717, 1.165) is 10.8 Å². The zero-order valence-electron chi connectivity index (χ0n) is 16.9. The number of aromatic nitrogens is 4. The van der Waals surface area contributed by atoms with Gasteiger partial charge in [0.1, 0.15) is 0 Å². The highest BCUT2D eigenvalue weighted by Crippen LogP contribution is 2.29. The first-order valence-corrected chi connectivity index (χ1v) is 11.2. The predicted octanol–water partition coefficient (Wildman–Crippen LogP) is 4.36. The molecule has 2 heterocycles. The summed E-state index contributed by atoms with van der Waals surface area (Å²) in [5, 5.41) is 14.4. The van der Waals surface area contributed by atoms with Gasteiger partial charge in [0.25, 0.3) is 10.0 Å². The number of hydrogen-bond acceptors (Lipinski definition) is 5. The molecule has 0 radical (unpaired) electrons. The van der Waals surface area contributed by atoms with Gasteiger partial charge in [0.2, 0.25) is 0 Å². The van der Waals surface area contributed by atoms with Crippen LogP contribution in [0.5, 0.6) is 0 Å². The third-order valence-electron chi connectivity index (χ3n) is 5.23. The lowest BCUT2D eigenvalue weighted by molar-refractivity contribution is 0.600. The molecule has 31 heavy (non-hydrogen) atoms. The molecule has 0 aliphatic carbocycles. The van der Waals surface area contributed by atoms with Crippen LogP contribution in [0.2, 0.25) is 0 Å². The standard InChI is InChI=1S/C23H19N5O2S/c1-15-10-11-18(20-12-13-23-25-24-16(2)28(23)26-20)14-22(15)31(29,30)27-21-9-5-7-17-6-3-4-8-19(17)21/h3-14,27H,1-2H3. The lowest BCUT2D eigenvalue weighted by Gasteiger charge is -2.13. The minimum absolute atomic E-state index is 0.209. The smallest absolute Gasteiger partial charge is 0.262 e. The van der Waals surface area contributed by atoms with Gasteiger partial charge in [-0.25, -0.2) is 8.42 Å². The molecule has 0 aliphatic heterocycles. The minimum Gasteiger partial charge on any atom is -0.279 e. The van der Waals surface area contributed by atoms with Gasteiger partial charge in [-0.15, -0.1) is 10.2 Å². The van der Waals surface area contributed by atoms with Crippen LogP contribution >= 0.6 is 0 Å². The molecule has 5 aromatic rings. The molecule has 0 amide bonds. The third-order valence-corrected chi connectivity index (χ3v) is 6.73. The Balaban J connectivity index is 1.58. The fourth-order valence-electron chi connectivity index (χ4n) is 3.61. The topological polar surface area (TPSA) is 89.2 Å². The first-order valence-electron chi connectivity index (χ1n) is 9.73. The van der Waals surface area contributed by atoms with E-state index >= 15 is 0 Å². The molecule has 0 atom stereocenters. The van der Waals surface area contributed by atoms with Crippen LogP contribution in [0.25, 0.3) is 27.7 Å². The summed E-state index contributed by atoms with van der Waals surface area (Å²) in [5.74, 6) is 0.662. The molecule has 7 nitrogen and oxygen atoms in total. The van der Waals surface area contributed by atoms with Crippen molar-refractivity contribution >= 4 is 32.1 Å². The molecule has 3 aromatic carbocycles. The molecule has 0 aliphatic rings. The van der Waals surface area contributed by atoms with Gasteiger partial charge < -0.3 is 0 Å². The maximum absolute atomic E-state index is 13.3. The summed E-state index contributed by atoms with van der Waals surface area (Å²) in [7, 11) is -3.82. The Morgan fingerprint density at radius 3 is 2.55 bits per heavy atom. The van der Waals surface area contributed by atoms with Crippen molar-refractivity contribution in [3.05, 3.63) is 84.2 Å². The van der Waals surface area contributed by atoms with E-state index in [-0.39, 0.29) is 4.90 Å². The minimum atomic E-state index is -3.82. The molecule has 2 aromatic heterocycles. The molecular weight excluding hydrogens is 410 g/mol. The summed E-state index contributed by atoms with van der Waals surface area (Å²) < 4.78 is 31.0. The summed E-state index contributed by atoms with van der Waals surface area (Å²) in [6, 6.07) is 22.1. The van der Waals surface area contributed by atoms with E-state index < -0.39 is 10.0 Å². The molecule has 0 spiro atoms. The molecule has 0 saturated heterocycles. The van der Waals surface area contributed by atoms with Crippen LogP contribution < -0.4 is 4.72 Å². The van der Waals surface area contributed by atoms with Gasteiger partial charge in [0.15, 0.2) is 11.5 Å². The van der Waals surface area contributed by atoms with Crippen LogP contribution in [0, 0.1) is 13.8 Å². The van der Waals surface area contributed by atoms with Crippen molar-refractivity contribution in [1.82, 2.24) is 19.8 Å². The van der Waals surface area contributed by atoms with Crippen molar-refractivity contribution < 1.29 is 8.42 Å². The van der Waals surface area contributed by atoms with Gasteiger partial charge in [-0.1, -0.05) is 48.5 Å². The van der Waals surface area contributed by atoms with Crippen molar-refractivity contribution in [2.45, 2.75) is 18.7 Å². The highest BCUT2D eigenvalue weighted by molar-refractivity contribution is 7.92. The summed E-state index contributed by atoms with van der Waals surface area (Å²) >= 11 is 0. The van der Waals surface area contributed by atoms with E-state index in [1.54, 1.807) is 29.6 Å². The van der Waals surface area contributed by atoms with E-state index in [9.17, 15) is 8.42 Å². The second-order valence-corrected chi connectivity index (χ2v) is 9.00. The Hall–Kier alpha value is -3.78. The van der Waals surface area contributed by atoms with Gasteiger partial charge >= 0.3 is 0 Å². The molecule has 0 unspecified atom stereocenters. The van der Waals surface area contributed by atoms with Crippen molar-refractivity contribution in [2.24, 2.45) is 0 Å². The Labute approximate surface area is 179 Å². The fourth-order valence-corrected chi connectivity index (χ4v) is 4.96. The third kappa shape index (κ3) is 3.40. The Morgan fingerprint density at radius 2 is 1.68 bits per heavy atom. The van der Waals surface area contributed by atoms with Crippen LogP contribution in [0.15, 0.2) is 77.7 Å². The Kier molecular flexibility index (Phi) is 4.44. The van der Waals surface area contributed by atoms with Gasteiger partial charge in [0, 0.05) is 10.9 Å². The number of nitrogens with zero attached hydrogens (tertiary/aromatic N) is 4. The van der Waals surface area contributed by atoms with Crippen LogP contribution in [0.4, 0.5) is 5.69 Å². The van der Waals surface area contributed by atoms with Gasteiger partial charge in [-0.3, -0.25) is 4.72 Å². The highest BCUT2D eigenvalue weighted by Gasteiger charge is 2.19. The summed E-state index contributed by atoms with van der Waals surface area (Å²) in [6.07, 6.45) is 0. The molecule has 0 bridgehead atoms. The zero-order chi connectivity index (χ0) is 21.6. The Bertz CT molecular complexity index is 1550. The number of nitrogens with one attached hydrogen (secondary N) is 1. The molecule has 8 heteroatoms. The summed E-state index contributed by atoms with van der Waals surface area (Å²) in [6.45, 7) is 3.60. The van der Waals surface area contributed by atoms with Crippen molar-refractivity contribution in [2.75, 3.05) is 4.72 Å². The average Bonchev–Trinajstić information content (AvgIpc) is 3.14. The van der Waals surface area contributed by atoms with Gasteiger partial charge in [0.05, 0.1) is 16.3 Å². The monoisotopic (exact) mass is 429 g/mol. The molecule has 1 N–H and O–H groups in total. The maximum Gasteiger partial charge on any atom is 0.262 e. The van der Waals surface area contributed by atoms with E-state index in [0.29, 0.717) is 34.0 Å². The highest BCUT2D eigenvalue weighted by atomic mass is 32.2. The molecule has 0 saturated carbocycles. The zero-order valence-corrected chi connectivity index (χ0v) is 17.8. The lowest BCUT2D eigenvalue weighted by atomic mass is 10.1. The normalized spacial score (nSPS) is 11.8. The predicted molar refractivity (Wildman–Crippen MR) is 120 cm³/mol. The van der Waals surface area contributed by atoms with Gasteiger partial charge in [-0.05, 0) is 49.1 Å². The van der Waals surface area contributed by atoms with E-state index in [2.05, 4.69) is 20.0 Å². The molecule has 154 valence electrons. The summed E-state index contributed by atoms with van der Waals surface area (Å²) in [5.41, 5.74) is 3.16. The first-order chi connectivity index (χ1) is 14.9. The second-order valence-electron chi connectivity index (χ2n) is 7.35. The van der Waals surface area contributed by atoms with Crippen LogP contribution in [0.3, 0.4) is 0 Å². The van der Waals surface area contributed by atoms with Crippen LogP contribution in [-0.2, 0) is 10.0 Å². The van der Waals surface area contributed by atoms with E-state index in [1.165, 1.54) is 0 Å². The quantitative estimate of drug-likeness (QED) is 0.458. The van der Waals surface area contributed by atoms with Crippen LogP contribution in [0.1, 0.15) is 11.4 Å². The SMILES string of the molecule is Cc1ccc(-c2ccc3nnc(C)n3n2)cc1S(=O)(=O)Nc1cccc2ccccc12. The number of rotatable bonds is 4. The average molecular weight is 430 g/mol. The second kappa shape index (κ2) is 7.17. The van der Waals surface area contributed by atoms with Crippen molar-refractivity contribution in [3.8, 4) is 11.3 Å². The largest absolute Gasteiger partial charge is 0.279 e. The van der Waals surface area contributed by atoms with Crippen molar-refractivity contribution in [3.63, 3.8) is 0 Å². The lowest BCUT2D eigenvalue weighted by Crippen LogP contribution is -2.14. The number of fused-ring (bicyclic) bond motifs is 2. The molecule has 0 fully saturated rings. The Morgan fingerprint density at radius 1 is 0.871 bits per heavy atom. The number of sulfonamides is 1. The fraction of sp³-hybridized carbons (Fsp3) is 0.0870. The van der Waals surface area contributed by atoms with E-state index in [1.807, 2.05) is 61.5 Å². The van der Waals surface area contributed by atoms with Gasteiger partial charge in [-0.2, -0.15) is 9.61 Å². The molecular formula is C23H19N5O2S. The maximum atomic E-state index is 13.3. The van der Waals surface area contributed by atoms with Crippen LogP contribution in [-0.4, -0.2) is 28.2 Å².